The zero-order valence-electron chi connectivity index (χ0n) is 10.4. The molecule has 19 heavy (non-hydrogen) atoms. The second-order valence-corrected chi connectivity index (χ2v) is 4.63. The Hall–Kier alpha value is -1.82. The minimum Gasteiger partial charge on any atom is -0.359 e. The van der Waals surface area contributed by atoms with E-state index in [1.807, 2.05) is 24.3 Å². The van der Waals surface area contributed by atoms with E-state index in [1.54, 1.807) is 12.3 Å². The molecule has 6 heteroatoms. The quantitative estimate of drug-likeness (QED) is 0.529. The average molecular weight is 326 g/mol. The molecule has 1 aromatic carbocycles. The van der Waals surface area contributed by atoms with Gasteiger partial charge in [-0.15, -0.1) is 0 Å². The molecule has 3 amide bonds. The summed E-state index contributed by atoms with van der Waals surface area (Å²) in [4.78, 5) is 21.3. The summed E-state index contributed by atoms with van der Waals surface area (Å²) < 4.78 is 1.01. The van der Waals surface area contributed by atoms with Crippen molar-refractivity contribution in [3.05, 3.63) is 40.5 Å². The largest absolute Gasteiger partial charge is 0.359 e. The first-order chi connectivity index (χ1) is 9.22. The molecule has 0 unspecified atom stereocenters. The number of benzene rings is 1. The van der Waals surface area contributed by atoms with Crippen LogP contribution in [0.1, 0.15) is 12.0 Å². The van der Waals surface area contributed by atoms with Gasteiger partial charge in [-0.05, 0) is 30.2 Å². The Labute approximate surface area is 120 Å². The van der Waals surface area contributed by atoms with Crippen molar-refractivity contribution in [2.24, 2.45) is 0 Å². The molecule has 1 aromatic rings. The maximum absolute atomic E-state index is 11.3. The van der Waals surface area contributed by atoms with E-state index in [9.17, 15) is 9.59 Å². The highest BCUT2D eigenvalue weighted by atomic mass is 79.9. The molecule has 0 aromatic heterocycles. The minimum absolute atomic E-state index is 0.264. The Morgan fingerprint density at radius 1 is 1.21 bits per heavy atom. The molecular weight excluding hydrogens is 310 g/mol. The lowest BCUT2D eigenvalue weighted by atomic mass is 10.2. The van der Waals surface area contributed by atoms with E-state index < -0.39 is 0 Å². The molecule has 0 bridgehead atoms. The molecule has 5 nitrogen and oxygen atoms in total. The van der Waals surface area contributed by atoms with Crippen LogP contribution in [0.5, 0.6) is 0 Å². The lowest BCUT2D eigenvalue weighted by molar-refractivity contribution is -0.109. The van der Waals surface area contributed by atoms with Gasteiger partial charge in [0, 0.05) is 23.8 Å². The Morgan fingerprint density at radius 3 is 2.63 bits per heavy atom. The molecule has 0 aliphatic heterocycles. The highest BCUT2D eigenvalue weighted by Gasteiger charge is 1.95. The first-order valence-electron chi connectivity index (χ1n) is 5.86. The van der Waals surface area contributed by atoms with Crippen LogP contribution in [-0.2, 0) is 4.79 Å². The van der Waals surface area contributed by atoms with E-state index in [2.05, 4.69) is 31.9 Å². The van der Waals surface area contributed by atoms with Crippen LogP contribution in [0.2, 0.25) is 0 Å². The molecular formula is C13H16BrN3O2. The van der Waals surface area contributed by atoms with Crippen LogP contribution in [0.25, 0.3) is 6.08 Å². The average Bonchev–Trinajstić information content (AvgIpc) is 2.41. The van der Waals surface area contributed by atoms with Gasteiger partial charge in [-0.2, -0.15) is 0 Å². The number of halogens is 1. The normalized spacial score (nSPS) is 10.2. The molecule has 0 heterocycles. The van der Waals surface area contributed by atoms with E-state index >= 15 is 0 Å². The molecule has 0 radical (unpaired) electrons. The smallest absolute Gasteiger partial charge is 0.318 e. The molecule has 102 valence electrons. The molecule has 1 rings (SSSR count). The van der Waals surface area contributed by atoms with Crippen molar-refractivity contribution in [3.8, 4) is 0 Å². The second-order valence-electron chi connectivity index (χ2n) is 3.71. The Kier molecular flexibility index (Phi) is 7.34. The molecule has 0 aliphatic rings. The van der Waals surface area contributed by atoms with E-state index in [1.165, 1.54) is 0 Å². The fourth-order valence-electron chi connectivity index (χ4n) is 1.29. The van der Waals surface area contributed by atoms with Crippen molar-refractivity contribution in [3.63, 3.8) is 0 Å². The third-order valence-corrected chi connectivity index (χ3v) is 2.76. The summed E-state index contributed by atoms with van der Waals surface area (Å²) >= 11 is 3.35. The number of nitrogens with one attached hydrogen (secondary N) is 3. The molecule has 0 atom stereocenters. The highest BCUT2D eigenvalue weighted by Crippen LogP contribution is 2.10. The maximum atomic E-state index is 11.3. The summed E-state index contributed by atoms with van der Waals surface area (Å²) in [5.41, 5.74) is 0.999. The van der Waals surface area contributed by atoms with Gasteiger partial charge in [0.2, 0.25) is 6.41 Å². The molecule has 0 aliphatic carbocycles. The maximum Gasteiger partial charge on any atom is 0.318 e. The number of urea groups is 1. The number of amides is 3. The summed E-state index contributed by atoms with van der Waals surface area (Å²) in [5, 5.41) is 7.80. The first-order valence-corrected chi connectivity index (χ1v) is 6.65. The lowest BCUT2D eigenvalue weighted by Crippen LogP contribution is -2.33. The van der Waals surface area contributed by atoms with Gasteiger partial charge in [0.25, 0.3) is 0 Å². The SMILES string of the molecule is O=CNCCCNC(=O)N/C=C/c1ccc(Br)cc1. The van der Waals surface area contributed by atoms with Crippen LogP contribution in [-0.4, -0.2) is 25.5 Å². The monoisotopic (exact) mass is 325 g/mol. The molecule has 3 N–H and O–H groups in total. The van der Waals surface area contributed by atoms with Crippen molar-refractivity contribution >= 4 is 34.4 Å². The van der Waals surface area contributed by atoms with Gasteiger partial charge >= 0.3 is 6.03 Å². The standard InChI is InChI=1S/C13H16BrN3O2/c14-12-4-2-11(3-5-12)6-9-17-13(19)16-8-1-7-15-10-18/h2-6,9-10H,1,7-8H2,(H,15,18)(H2,16,17,19)/b9-6+. The summed E-state index contributed by atoms with van der Waals surface area (Å²) in [6.07, 6.45) is 4.73. The van der Waals surface area contributed by atoms with Gasteiger partial charge in [-0.1, -0.05) is 28.1 Å². The van der Waals surface area contributed by atoms with Crippen molar-refractivity contribution in [1.82, 2.24) is 16.0 Å². The van der Waals surface area contributed by atoms with Crippen LogP contribution in [0, 0.1) is 0 Å². The number of carbonyl (C=O) groups is 2. The van der Waals surface area contributed by atoms with Crippen LogP contribution in [0.4, 0.5) is 4.79 Å². The summed E-state index contributed by atoms with van der Waals surface area (Å²) in [6.45, 7) is 1.07. The number of rotatable bonds is 7. The van der Waals surface area contributed by atoms with Gasteiger partial charge in [-0.3, -0.25) is 4.79 Å². The van der Waals surface area contributed by atoms with Crippen LogP contribution < -0.4 is 16.0 Å². The highest BCUT2D eigenvalue weighted by molar-refractivity contribution is 9.10. The zero-order valence-corrected chi connectivity index (χ0v) is 11.9. The van der Waals surface area contributed by atoms with Gasteiger partial charge < -0.3 is 16.0 Å². The molecule has 0 fully saturated rings. The topological polar surface area (TPSA) is 70.2 Å². The van der Waals surface area contributed by atoms with Crippen LogP contribution >= 0.6 is 15.9 Å². The predicted octanol–water partition coefficient (Wildman–Crippen LogP) is 1.86. The Bertz CT molecular complexity index is 432. The summed E-state index contributed by atoms with van der Waals surface area (Å²) in [5.74, 6) is 0. The zero-order chi connectivity index (χ0) is 13.9. The summed E-state index contributed by atoms with van der Waals surface area (Å²) in [7, 11) is 0. The molecule has 0 spiro atoms. The van der Waals surface area contributed by atoms with Gasteiger partial charge in [0.15, 0.2) is 0 Å². The van der Waals surface area contributed by atoms with Crippen LogP contribution in [0.15, 0.2) is 34.9 Å². The molecule has 0 saturated carbocycles. The lowest BCUT2D eigenvalue weighted by Gasteiger charge is -2.03. The third kappa shape index (κ3) is 7.25. The summed E-state index contributed by atoms with van der Waals surface area (Å²) in [6, 6.07) is 7.47. The van der Waals surface area contributed by atoms with Crippen molar-refractivity contribution < 1.29 is 9.59 Å². The third-order valence-electron chi connectivity index (χ3n) is 2.23. The Morgan fingerprint density at radius 2 is 1.95 bits per heavy atom. The van der Waals surface area contributed by atoms with E-state index in [0.29, 0.717) is 25.9 Å². The second kappa shape index (κ2) is 9.16. The number of carbonyl (C=O) groups excluding carboxylic acids is 2. The van der Waals surface area contributed by atoms with Crippen molar-refractivity contribution in [2.45, 2.75) is 6.42 Å². The van der Waals surface area contributed by atoms with Gasteiger partial charge in [0.05, 0.1) is 0 Å². The van der Waals surface area contributed by atoms with Crippen molar-refractivity contribution in [2.75, 3.05) is 13.1 Å². The van der Waals surface area contributed by atoms with E-state index in [-0.39, 0.29) is 6.03 Å². The minimum atomic E-state index is -0.264. The molecule has 0 saturated heterocycles. The van der Waals surface area contributed by atoms with E-state index in [4.69, 9.17) is 0 Å². The fraction of sp³-hybridized carbons (Fsp3) is 0.231. The van der Waals surface area contributed by atoms with Crippen LogP contribution in [0.3, 0.4) is 0 Å². The number of hydrogen-bond acceptors (Lipinski definition) is 2. The fourth-order valence-corrected chi connectivity index (χ4v) is 1.55. The predicted molar refractivity (Wildman–Crippen MR) is 78.4 cm³/mol. The van der Waals surface area contributed by atoms with Gasteiger partial charge in [-0.25, -0.2) is 4.79 Å². The first kappa shape index (κ1) is 15.2. The van der Waals surface area contributed by atoms with Crippen molar-refractivity contribution in [1.29, 1.82) is 0 Å². The Balaban J connectivity index is 2.18. The van der Waals surface area contributed by atoms with Gasteiger partial charge in [0.1, 0.15) is 0 Å². The van der Waals surface area contributed by atoms with E-state index in [0.717, 1.165) is 10.0 Å². The number of hydrogen-bond donors (Lipinski definition) is 3.